The minimum atomic E-state index is -0.0819. The summed E-state index contributed by atoms with van der Waals surface area (Å²) in [6.45, 7) is 2.27. The summed E-state index contributed by atoms with van der Waals surface area (Å²) in [5.41, 5.74) is 4.42. The highest BCUT2D eigenvalue weighted by molar-refractivity contribution is 8.01. The lowest BCUT2D eigenvalue weighted by Gasteiger charge is -2.15. The van der Waals surface area contributed by atoms with Crippen molar-refractivity contribution in [3.8, 4) is 0 Å². The molecule has 0 bridgehead atoms. The monoisotopic (exact) mass is 334 g/mol. The molecule has 0 atom stereocenters. The molecular weight excluding hydrogens is 320 g/mol. The second kappa shape index (κ2) is 6.45. The van der Waals surface area contributed by atoms with E-state index in [4.69, 9.17) is 0 Å². The molecule has 0 radical (unpaired) electrons. The molecule has 1 aliphatic rings. The quantitative estimate of drug-likeness (QED) is 0.868. The molecule has 3 rings (SSSR count). The second-order valence-electron chi connectivity index (χ2n) is 4.81. The van der Waals surface area contributed by atoms with Crippen LogP contribution in [0.2, 0.25) is 0 Å². The van der Waals surface area contributed by atoms with Gasteiger partial charge in [-0.05, 0) is 30.2 Å². The summed E-state index contributed by atoms with van der Waals surface area (Å²) in [6.07, 6.45) is 0.818. The maximum Gasteiger partial charge on any atom is 0.234 e. The van der Waals surface area contributed by atoms with E-state index < -0.39 is 0 Å². The van der Waals surface area contributed by atoms with Gasteiger partial charge in [0.15, 0.2) is 4.34 Å². The van der Waals surface area contributed by atoms with Crippen LogP contribution in [0.4, 0.5) is 11.4 Å². The van der Waals surface area contributed by atoms with Crippen LogP contribution in [-0.4, -0.2) is 34.3 Å². The van der Waals surface area contributed by atoms with Crippen molar-refractivity contribution < 1.29 is 9.59 Å². The molecule has 0 fully saturated rings. The van der Waals surface area contributed by atoms with Crippen molar-refractivity contribution >= 4 is 46.3 Å². The molecule has 2 amide bonds. The number of nitrogens with one attached hydrogen (secondary N) is 1. The summed E-state index contributed by atoms with van der Waals surface area (Å²) in [4.78, 5) is 25.2. The van der Waals surface area contributed by atoms with E-state index in [9.17, 15) is 9.59 Å². The smallest absolute Gasteiger partial charge is 0.234 e. The van der Waals surface area contributed by atoms with Crippen molar-refractivity contribution in [2.75, 3.05) is 22.5 Å². The summed E-state index contributed by atoms with van der Waals surface area (Å²) in [7, 11) is 0. The Labute approximate surface area is 135 Å². The first kappa shape index (κ1) is 15.0. The van der Waals surface area contributed by atoms with E-state index in [1.54, 1.807) is 17.3 Å². The van der Waals surface area contributed by atoms with E-state index in [1.807, 2.05) is 18.2 Å². The third kappa shape index (κ3) is 3.28. The predicted molar refractivity (Wildman–Crippen MR) is 87.4 cm³/mol. The fraction of sp³-hybridized carbons (Fsp3) is 0.286. The molecule has 6 nitrogen and oxygen atoms in total. The SMILES string of the molecule is CC(=O)N1CCc2cc(NC(=O)CSc3nncs3)ccc21. The van der Waals surface area contributed by atoms with Crippen LogP contribution < -0.4 is 10.2 Å². The largest absolute Gasteiger partial charge is 0.325 e. The number of hydrogen-bond acceptors (Lipinski definition) is 6. The number of carbonyl (C=O) groups is 2. The van der Waals surface area contributed by atoms with Crippen molar-refractivity contribution in [2.45, 2.75) is 17.7 Å². The van der Waals surface area contributed by atoms with Gasteiger partial charge in [-0.15, -0.1) is 10.2 Å². The predicted octanol–water partition coefficient (Wildman–Crippen LogP) is 2.18. The van der Waals surface area contributed by atoms with Gasteiger partial charge >= 0.3 is 0 Å². The molecule has 1 aliphatic heterocycles. The van der Waals surface area contributed by atoms with Crippen LogP contribution in [0.3, 0.4) is 0 Å². The topological polar surface area (TPSA) is 75.2 Å². The first-order valence-electron chi connectivity index (χ1n) is 6.73. The molecule has 0 unspecified atom stereocenters. The number of thioether (sulfide) groups is 1. The highest BCUT2D eigenvalue weighted by Gasteiger charge is 2.22. The van der Waals surface area contributed by atoms with Crippen molar-refractivity contribution in [3.05, 3.63) is 29.3 Å². The minimum absolute atomic E-state index is 0.0454. The number of nitrogens with zero attached hydrogens (tertiary/aromatic N) is 3. The number of rotatable bonds is 4. The van der Waals surface area contributed by atoms with Crippen LogP contribution >= 0.6 is 23.1 Å². The lowest BCUT2D eigenvalue weighted by atomic mass is 10.1. The zero-order valence-corrected chi connectivity index (χ0v) is 13.5. The van der Waals surface area contributed by atoms with Crippen LogP contribution in [0.1, 0.15) is 12.5 Å². The van der Waals surface area contributed by atoms with Gasteiger partial charge in [0.05, 0.1) is 5.75 Å². The van der Waals surface area contributed by atoms with Gasteiger partial charge in [-0.25, -0.2) is 0 Å². The van der Waals surface area contributed by atoms with E-state index in [2.05, 4.69) is 15.5 Å². The Hall–Kier alpha value is -1.93. The molecule has 1 aromatic carbocycles. The normalized spacial score (nSPS) is 13.0. The van der Waals surface area contributed by atoms with Gasteiger partial charge < -0.3 is 10.2 Å². The highest BCUT2D eigenvalue weighted by atomic mass is 32.2. The summed E-state index contributed by atoms with van der Waals surface area (Å²) in [5.74, 6) is 0.261. The number of carbonyl (C=O) groups excluding carboxylic acids is 2. The average Bonchev–Trinajstić information content (AvgIpc) is 3.14. The molecule has 0 spiro atoms. The standard InChI is InChI=1S/C14H14N4O2S2/c1-9(19)18-5-4-10-6-11(2-3-12(10)18)16-13(20)7-21-14-17-15-8-22-14/h2-3,6,8H,4-5,7H2,1H3,(H,16,20). The first-order valence-corrected chi connectivity index (χ1v) is 8.60. The Balaban J connectivity index is 1.61. The summed E-state index contributed by atoms with van der Waals surface area (Å²) in [5, 5.41) is 10.5. The van der Waals surface area contributed by atoms with Gasteiger partial charge in [-0.3, -0.25) is 9.59 Å². The van der Waals surface area contributed by atoms with Gasteiger partial charge in [0.25, 0.3) is 0 Å². The Morgan fingerprint density at radius 3 is 3.05 bits per heavy atom. The molecule has 114 valence electrons. The maximum atomic E-state index is 11.9. The fourth-order valence-electron chi connectivity index (χ4n) is 2.36. The van der Waals surface area contributed by atoms with Crippen molar-refractivity contribution in [1.29, 1.82) is 0 Å². The van der Waals surface area contributed by atoms with Gasteiger partial charge in [-0.1, -0.05) is 23.1 Å². The van der Waals surface area contributed by atoms with Crippen LogP contribution in [0, 0.1) is 0 Å². The molecule has 1 N–H and O–H groups in total. The van der Waals surface area contributed by atoms with Crippen molar-refractivity contribution in [2.24, 2.45) is 0 Å². The lowest BCUT2D eigenvalue weighted by Crippen LogP contribution is -2.25. The van der Waals surface area contributed by atoms with E-state index >= 15 is 0 Å². The average molecular weight is 334 g/mol. The summed E-state index contributed by atoms with van der Waals surface area (Å²) >= 11 is 2.78. The van der Waals surface area contributed by atoms with E-state index in [0.717, 1.165) is 27.7 Å². The molecule has 0 saturated heterocycles. The number of anilines is 2. The molecule has 0 aliphatic carbocycles. The number of fused-ring (bicyclic) bond motifs is 1. The third-order valence-electron chi connectivity index (χ3n) is 3.31. The number of hydrogen-bond donors (Lipinski definition) is 1. The third-order valence-corrected chi connectivity index (χ3v) is 5.17. The fourth-order valence-corrected chi connectivity index (χ4v) is 3.65. The lowest BCUT2D eigenvalue weighted by molar-refractivity contribution is -0.116. The molecule has 2 heterocycles. The van der Waals surface area contributed by atoms with E-state index in [0.29, 0.717) is 12.3 Å². The van der Waals surface area contributed by atoms with Gasteiger partial charge in [0.1, 0.15) is 5.51 Å². The molecule has 22 heavy (non-hydrogen) atoms. The van der Waals surface area contributed by atoms with Crippen LogP contribution in [0.5, 0.6) is 0 Å². The molecule has 1 aromatic heterocycles. The zero-order valence-electron chi connectivity index (χ0n) is 11.9. The van der Waals surface area contributed by atoms with Crippen LogP contribution in [-0.2, 0) is 16.0 Å². The van der Waals surface area contributed by atoms with E-state index in [1.165, 1.54) is 23.1 Å². The van der Waals surface area contributed by atoms with E-state index in [-0.39, 0.29) is 11.8 Å². The molecule has 2 aromatic rings. The summed E-state index contributed by atoms with van der Waals surface area (Å²) < 4.78 is 0.779. The first-order chi connectivity index (χ1) is 10.6. The number of amides is 2. The minimum Gasteiger partial charge on any atom is -0.325 e. The number of benzene rings is 1. The Kier molecular flexibility index (Phi) is 4.39. The van der Waals surface area contributed by atoms with Gasteiger partial charge in [0.2, 0.25) is 11.8 Å². The van der Waals surface area contributed by atoms with Crippen LogP contribution in [0.25, 0.3) is 0 Å². The van der Waals surface area contributed by atoms with Gasteiger partial charge in [-0.2, -0.15) is 0 Å². The summed E-state index contributed by atoms with van der Waals surface area (Å²) in [6, 6.07) is 5.65. The molecule has 0 saturated carbocycles. The zero-order chi connectivity index (χ0) is 15.5. The Bertz CT molecular complexity index is 703. The molecule has 8 heteroatoms. The van der Waals surface area contributed by atoms with Crippen molar-refractivity contribution in [3.63, 3.8) is 0 Å². The Morgan fingerprint density at radius 2 is 2.32 bits per heavy atom. The Morgan fingerprint density at radius 1 is 1.45 bits per heavy atom. The van der Waals surface area contributed by atoms with Gasteiger partial charge in [0, 0.05) is 24.8 Å². The highest BCUT2D eigenvalue weighted by Crippen LogP contribution is 2.30. The number of aromatic nitrogens is 2. The van der Waals surface area contributed by atoms with Crippen LogP contribution in [0.15, 0.2) is 28.0 Å². The van der Waals surface area contributed by atoms with Crippen molar-refractivity contribution in [1.82, 2.24) is 10.2 Å². The molecular formula is C14H14N4O2S2. The maximum absolute atomic E-state index is 11.9. The second-order valence-corrected chi connectivity index (χ2v) is 6.86.